The van der Waals surface area contributed by atoms with Gasteiger partial charge >= 0.3 is 0 Å². The number of rotatable bonds is 2. The fraction of sp³-hybridized carbons (Fsp3) is 0.583. The molecule has 4 nitrogen and oxygen atoms in total. The summed E-state index contributed by atoms with van der Waals surface area (Å²) in [5.41, 5.74) is 6.12. The first kappa shape index (κ1) is 12.5. The van der Waals surface area contributed by atoms with E-state index in [-0.39, 0.29) is 18.3 Å². The number of halogens is 1. The van der Waals surface area contributed by atoms with Gasteiger partial charge in [-0.2, -0.15) is 0 Å². The van der Waals surface area contributed by atoms with Crippen LogP contribution in [-0.2, 0) is 4.74 Å². The summed E-state index contributed by atoms with van der Waals surface area (Å²) in [5.74, 6) is 0.451. The van der Waals surface area contributed by atoms with Crippen molar-refractivity contribution in [2.24, 2.45) is 0 Å². The van der Waals surface area contributed by atoms with Crippen LogP contribution in [-0.4, -0.2) is 23.3 Å². The minimum Gasteiger partial charge on any atom is -0.473 e. The molecule has 0 radical (unpaired) electrons. The van der Waals surface area contributed by atoms with Gasteiger partial charge in [-0.25, -0.2) is 4.98 Å². The highest BCUT2D eigenvalue weighted by Crippen LogP contribution is 2.28. The average molecular weight is 257 g/mol. The van der Waals surface area contributed by atoms with Crippen LogP contribution in [0.3, 0.4) is 0 Å². The van der Waals surface area contributed by atoms with Crippen LogP contribution in [0, 0.1) is 0 Å². The fourth-order valence-electron chi connectivity index (χ4n) is 2.13. The SMILES string of the molecule is CC1CC(Oc2ncc(N)cc2Cl)CC(C)O1. The van der Waals surface area contributed by atoms with Crippen LogP contribution in [0.5, 0.6) is 5.88 Å². The average Bonchev–Trinajstić information content (AvgIpc) is 2.21. The quantitative estimate of drug-likeness (QED) is 0.884. The lowest BCUT2D eigenvalue weighted by Gasteiger charge is -2.32. The number of nitrogens with two attached hydrogens (primary N) is 1. The molecule has 2 rings (SSSR count). The molecule has 1 fully saturated rings. The molecule has 17 heavy (non-hydrogen) atoms. The van der Waals surface area contributed by atoms with Crippen molar-refractivity contribution in [1.82, 2.24) is 4.98 Å². The first-order valence-electron chi connectivity index (χ1n) is 5.77. The van der Waals surface area contributed by atoms with Gasteiger partial charge in [0.05, 0.1) is 24.1 Å². The summed E-state index contributed by atoms with van der Waals surface area (Å²) >= 11 is 6.02. The number of ether oxygens (including phenoxy) is 2. The van der Waals surface area contributed by atoms with E-state index in [9.17, 15) is 0 Å². The zero-order chi connectivity index (χ0) is 12.4. The van der Waals surface area contributed by atoms with Crippen molar-refractivity contribution in [3.8, 4) is 5.88 Å². The van der Waals surface area contributed by atoms with Crippen molar-refractivity contribution in [3.05, 3.63) is 17.3 Å². The normalized spacial score (nSPS) is 29.0. The van der Waals surface area contributed by atoms with Crippen LogP contribution in [0.4, 0.5) is 5.69 Å². The monoisotopic (exact) mass is 256 g/mol. The molecule has 0 spiro atoms. The lowest BCUT2D eigenvalue weighted by molar-refractivity contribution is -0.0729. The van der Waals surface area contributed by atoms with Gasteiger partial charge in [0.2, 0.25) is 5.88 Å². The summed E-state index contributed by atoms with van der Waals surface area (Å²) < 4.78 is 11.5. The molecular formula is C12H17ClN2O2. The lowest BCUT2D eigenvalue weighted by atomic mass is 10.0. The fourth-order valence-corrected chi connectivity index (χ4v) is 2.34. The second kappa shape index (κ2) is 5.10. The van der Waals surface area contributed by atoms with Crippen molar-refractivity contribution in [3.63, 3.8) is 0 Å². The lowest BCUT2D eigenvalue weighted by Crippen LogP contribution is -2.35. The summed E-state index contributed by atoms with van der Waals surface area (Å²) in [7, 11) is 0. The standard InChI is InChI=1S/C12H17ClN2O2/c1-7-3-10(4-8(2)16-7)17-12-11(13)5-9(14)6-15-12/h5-8,10H,3-4,14H2,1-2H3. The first-order chi connectivity index (χ1) is 8.04. The smallest absolute Gasteiger partial charge is 0.232 e. The van der Waals surface area contributed by atoms with E-state index in [0.29, 0.717) is 16.6 Å². The molecule has 5 heteroatoms. The van der Waals surface area contributed by atoms with Gasteiger partial charge in [-0.3, -0.25) is 0 Å². The van der Waals surface area contributed by atoms with Crippen LogP contribution < -0.4 is 10.5 Å². The molecule has 2 heterocycles. The zero-order valence-corrected chi connectivity index (χ0v) is 10.8. The largest absolute Gasteiger partial charge is 0.473 e. The molecule has 0 aliphatic carbocycles. The predicted molar refractivity (Wildman–Crippen MR) is 67.3 cm³/mol. The summed E-state index contributed by atoms with van der Waals surface area (Å²) in [6, 6.07) is 1.65. The molecule has 94 valence electrons. The highest BCUT2D eigenvalue weighted by Gasteiger charge is 2.26. The molecule has 0 aromatic carbocycles. The van der Waals surface area contributed by atoms with Gasteiger partial charge < -0.3 is 15.2 Å². The van der Waals surface area contributed by atoms with Gasteiger partial charge in [-0.15, -0.1) is 0 Å². The summed E-state index contributed by atoms with van der Waals surface area (Å²) in [4.78, 5) is 4.10. The van der Waals surface area contributed by atoms with Crippen molar-refractivity contribution in [2.45, 2.75) is 45.0 Å². The Labute approximate surface area is 106 Å². The maximum absolute atomic E-state index is 6.02. The Kier molecular flexibility index (Phi) is 3.74. The van der Waals surface area contributed by atoms with Gasteiger partial charge in [0, 0.05) is 12.8 Å². The van der Waals surface area contributed by atoms with E-state index < -0.39 is 0 Å². The minimum absolute atomic E-state index is 0.0994. The highest BCUT2D eigenvalue weighted by atomic mass is 35.5. The third-order valence-electron chi connectivity index (χ3n) is 2.76. The van der Waals surface area contributed by atoms with Crippen LogP contribution in [0.2, 0.25) is 5.02 Å². The van der Waals surface area contributed by atoms with Gasteiger partial charge in [-0.05, 0) is 19.9 Å². The summed E-state index contributed by atoms with van der Waals surface area (Å²) in [5, 5.41) is 0.455. The maximum Gasteiger partial charge on any atom is 0.232 e. The molecule has 1 aromatic rings. The number of hydrogen-bond acceptors (Lipinski definition) is 4. The second-order valence-electron chi connectivity index (χ2n) is 4.52. The second-order valence-corrected chi connectivity index (χ2v) is 4.93. The van der Waals surface area contributed by atoms with Gasteiger partial charge in [0.1, 0.15) is 11.1 Å². The van der Waals surface area contributed by atoms with Gasteiger partial charge in [0.15, 0.2) is 0 Å². The Morgan fingerprint density at radius 1 is 1.41 bits per heavy atom. The zero-order valence-electron chi connectivity index (χ0n) is 10.0. The van der Waals surface area contributed by atoms with Crippen LogP contribution >= 0.6 is 11.6 Å². The Balaban J connectivity index is 2.04. The van der Waals surface area contributed by atoms with Gasteiger partial charge in [0.25, 0.3) is 0 Å². The molecule has 1 aromatic heterocycles. The van der Waals surface area contributed by atoms with Crippen molar-refractivity contribution < 1.29 is 9.47 Å². The highest BCUT2D eigenvalue weighted by molar-refractivity contribution is 6.32. The van der Waals surface area contributed by atoms with E-state index in [2.05, 4.69) is 4.98 Å². The number of aromatic nitrogens is 1. The molecule has 0 saturated carbocycles. The van der Waals surface area contributed by atoms with Crippen molar-refractivity contribution >= 4 is 17.3 Å². The van der Waals surface area contributed by atoms with Crippen molar-refractivity contribution in [1.29, 1.82) is 0 Å². The molecular weight excluding hydrogens is 240 g/mol. The number of pyridine rings is 1. The van der Waals surface area contributed by atoms with Crippen molar-refractivity contribution in [2.75, 3.05) is 5.73 Å². The summed E-state index contributed by atoms with van der Waals surface area (Å²) in [6.45, 7) is 4.09. The number of hydrogen-bond donors (Lipinski definition) is 1. The number of nitrogen functional groups attached to an aromatic ring is 1. The van der Waals surface area contributed by atoms with E-state index in [4.69, 9.17) is 26.8 Å². The molecule has 1 saturated heterocycles. The summed E-state index contributed by atoms with van der Waals surface area (Å²) in [6.07, 6.45) is 3.77. The van der Waals surface area contributed by atoms with E-state index in [1.165, 1.54) is 0 Å². The number of nitrogens with zero attached hydrogens (tertiary/aromatic N) is 1. The first-order valence-corrected chi connectivity index (χ1v) is 6.15. The van der Waals surface area contributed by atoms with Crippen LogP contribution in [0.25, 0.3) is 0 Å². The Hall–Kier alpha value is -1.00. The topological polar surface area (TPSA) is 57.4 Å². The Bertz CT molecular complexity index is 390. The molecule has 1 aliphatic heterocycles. The predicted octanol–water partition coefficient (Wildman–Crippen LogP) is 2.65. The molecule has 2 N–H and O–H groups in total. The van der Waals surface area contributed by atoms with E-state index in [1.807, 2.05) is 13.8 Å². The Morgan fingerprint density at radius 3 is 2.65 bits per heavy atom. The minimum atomic E-state index is 0.0994. The Morgan fingerprint density at radius 2 is 2.06 bits per heavy atom. The van der Waals surface area contributed by atoms with E-state index in [1.54, 1.807) is 12.3 Å². The molecule has 1 aliphatic rings. The third-order valence-corrected chi connectivity index (χ3v) is 3.03. The molecule has 2 unspecified atom stereocenters. The maximum atomic E-state index is 6.02. The van der Waals surface area contributed by atoms with E-state index in [0.717, 1.165) is 12.8 Å². The van der Waals surface area contributed by atoms with Crippen LogP contribution in [0.15, 0.2) is 12.3 Å². The van der Waals surface area contributed by atoms with Gasteiger partial charge in [-0.1, -0.05) is 11.6 Å². The molecule has 0 amide bonds. The number of anilines is 1. The third kappa shape index (κ3) is 3.23. The molecule has 2 atom stereocenters. The van der Waals surface area contributed by atoms with E-state index >= 15 is 0 Å². The van der Waals surface area contributed by atoms with Crippen LogP contribution in [0.1, 0.15) is 26.7 Å². The molecule has 0 bridgehead atoms.